The number of carbonyl (C=O) groups excluding carboxylic acids is 5. The molecular formula is C36H67N7O7S. The molecule has 5 atom stereocenters. The molecule has 5 amide bonds. The van der Waals surface area contributed by atoms with E-state index in [1.54, 1.807) is 0 Å². The maximum atomic E-state index is 14.4. The normalized spacial score (nSPS) is 20.8. The monoisotopic (exact) mass is 741 g/mol. The summed E-state index contributed by atoms with van der Waals surface area (Å²) < 4.78 is 29.5. The first-order valence-corrected chi connectivity index (χ1v) is 20.2. The van der Waals surface area contributed by atoms with Crippen LogP contribution in [0.5, 0.6) is 0 Å². The number of hydrogen-bond donors (Lipinski definition) is 4. The molecule has 0 saturated carbocycles. The van der Waals surface area contributed by atoms with Crippen LogP contribution in [0.2, 0.25) is 0 Å². The van der Waals surface area contributed by atoms with Crippen LogP contribution in [0.3, 0.4) is 0 Å². The number of urea groups is 1. The quantitative estimate of drug-likeness (QED) is 0.176. The van der Waals surface area contributed by atoms with Crippen molar-refractivity contribution in [2.75, 3.05) is 39.8 Å². The van der Waals surface area contributed by atoms with Gasteiger partial charge in [0.05, 0.1) is 6.04 Å². The highest BCUT2D eigenvalue weighted by Gasteiger charge is 2.48. The standard InChI is InChI=1S/C36H67N7O7S/c1-12-17-26(29(44)32(46)37-19-13-2)38-31(45)28-25(24(3)4)18-22-43(28)33(47)30(36(8,9)10)40-34(48)39-27(35(5,6)7)23-41(11)51(49,50)42-20-15-14-16-21-42/h24-28,30H,12-23H2,1-11H3,(H,37,46)(H,38,45)(H2,39,40,48)/t25-,26?,27-,28+,30-/m1/s1. The molecule has 0 bridgehead atoms. The van der Waals surface area contributed by atoms with Gasteiger partial charge in [-0.15, -0.1) is 0 Å². The van der Waals surface area contributed by atoms with Gasteiger partial charge in [0.1, 0.15) is 12.1 Å². The Morgan fingerprint density at radius 3 is 1.96 bits per heavy atom. The zero-order valence-electron chi connectivity index (χ0n) is 33.1. The van der Waals surface area contributed by atoms with E-state index in [0.29, 0.717) is 38.9 Å². The van der Waals surface area contributed by atoms with Crippen molar-refractivity contribution in [3.05, 3.63) is 0 Å². The maximum absolute atomic E-state index is 14.4. The molecule has 0 radical (unpaired) electrons. The second-order valence-electron chi connectivity index (χ2n) is 16.7. The average molecular weight is 742 g/mol. The van der Waals surface area contributed by atoms with E-state index in [9.17, 15) is 32.4 Å². The third-order valence-corrected chi connectivity index (χ3v) is 12.0. The molecule has 2 aliphatic rings. The summed E-state index contributed by atoms with van der Waals surface area (Å²) in [6, 6.07) is -4.20. The first-order chi connectivity index (χ1) is 23.6. The highest BCUT2D eigenvalue weighted by molar-refractivity contribution is 7.86. The third-order valence-electron chi connectivity index (χ3n) is 10.0. The van der Waals surface area contributed by atoms with E-state index in [1.807, 2.05) is 69.2 Å². The van der Waals surface area contributed by atoms with Crippen molar-refractivity contribution in [1.29, 1.82) is 0 Å². The van der Waals surface area contributed by atoms with Gasteiger partial charge >= 0.3 is 6.03 Å². The number of likely N-dealkylation sites (N-methyl/N-ethyl adjacent to an activating group) is 1. The van der Waals surface area contributed by atoms with Crippen LogP contribution in [0, 0.1) is 22.7 Å². The molecular weight excluding hydrogens is 675 g/mol. The number of nitrogens with zero attached hydrogens (tertiary/aromatic N) is 3. The molecule has 0 aromatic heterocycles. The summed E-state index contributed by atoms with van der Waals surface area (Å²) in [4.78, 5) is 69.2. The van der Waals surface area contributed by atoms with Gasteiger partial charge in [0.2, 0.25) is 17.6 Å². The summed E-state index contributed by atoms with van der Waals surface area (Å²) in [5.74, 6) is -2.58. The molecule has 294 valence electrons. The summed E-state index contributed by atoms with van der Waals surface area (Å²) in [6.45, 7) is 20.5. The lowest BCUT2D eigenvalue weighted by molar-refractivity contribution is -0.144. The number of hydrogen-bond acceptors (Lipinski definition) is 7. The van der Waals surface area contributed by atoms with E-state index < -0.39 is 74.7 Å². The Hall–Kier alpha value is -2.78. The predicted octanol–water partition coefficient (Wildman–Crippen LogP) is 3.03. The fourth-order valence-electron chi connectivity index (χ4n) is 6.72. The van der Waals surface area contributed by atoms with Gasteiger partial charge < -0.3 is 26.2 Å². The van der Waals surface area contributed by atoms with Crippen molar-refractivity contribution >= 4 is 39.7 Å². The molecule has 1 unspecified atom stereocenters. The second kappa shape index (κ2) is 18.8. The lowest BCUT2D eigenvalue weighted by Gasteiger charge is -2.39. The first kappa shape index (κ1) is 44.4. The van der Waals surface area contributed by atoms with Crippen LogP contribution in [0.1, 0.15) is 114 Å². The minimum Gasteiger partial charge on any atom is -0.349 e. The SMILES string of the molecule is CCCNC(=O)C(=O)C(CCC)NC(=O)[C@@H]1[C@@H](C(C)C)CCN1C(=O)[C@@H](NC(=O)N[C@H](CN(C)S(=O)(=O)N1CCCCC1)C(C)(C)C)C(C)(C)C. The Kier molecular flexibility index (Phi) is 16.4. The molecule has 0 spiro atoms. The van der Waals surface area contributed by atoms with Crippen molar-refractivity contribution in [2.24, 2.45) is 22.7 Å². The average Bonchev–Trinajstić information content (AvgIpc) is 3.50. The Labute approximate surface area is 307 Å². The smallest absolute Gasteiger partial charge is 0.315 e. The topological polar surface area (TPSA) is 177 Å². The Balaban J connectivity index is 2.31. The summed E-state index contributed by atoms with van der Waals surface area (Å²) in [5.41, 5.74) is -1.30. The lowest BCUT2D eigenvalue weighted by atomic mass is 9.84. The fraction of sp³-hybridized carbons (Fsp3) is 0.861. The number of amides is 5. The van der Waals surface area contributed by atoms with Crippen molar-refractivity contribution in [3.8, 4) is 0 Å². The lowest BCUT2D eigenvalue weighted by Crippen LogP contribution is -2.62. The van der Waals surface area contributed by atoms with Crippen molar-refractivity contribution in [1.82, 2.24) is 34.8 Å². The maximum Gasteiger partial charge on any atom is 0.315 e. The number of ketones is 1. The van der Waals surface area contributed by atoms with E-state index in [2.05, 4.69) is 21.3 Å². The van der Waals surface area contributed by atoms with Crippen LogP contribution < -0.4 is 21.3 Å². The van der Waals surface area contributed by atoms with Gasteiger partial charge in [-0.2, -0.15) is 17.0 Å². The second-order valence-corrected chi connectivity index (χ2v) is 18.8. The molecule has 2 fully saturated rings. The zero-order valence-corrected chi connectivity index (χ0v) is 33.9. The van der Waals surface area contributed by atoms with Gasteiger partial charge in [-0.05, 0) is 54.8 Å². The van der Waals surface area contributed by atoms with E-state index >= 15 is 0 Å². The number of rotatable bonds is 16. The molecule has 2 heterocycles. The Morgan fingerprint density at radius 1 is 0.843 bits per heavy atom. The summed E-state index contributed by atoms with van der Waals surface area (Å²) in [6.07, 6.45) is 4.65. The minimum atomic E-state index is -3.72. The summed E-state index contributed by atoms with van der Waals surface area (Å²) in [5, 5.41) is 11.2. The number of likely N-dealkylation sites (tertiary alicyclic amines) is 1. The van der Waals surface area contributed by atoms with E-state index in [0.717, 1.165) is 19.3 Å². The number of carbonyl (C=O) groups is 5. The largest absolute Gasteiger partial charge is 0.349 e. The Bertz CT molecular complexity index is 1320. The molecule has 0 aliphatic carbocycles. The molecule has 51 heavy (non-hydrogen) atoms. The summed E-state index contributed by atoms with van der Waals surface area (Å²) >= 11 is 0. The molecule has 2 saturated heterocycles. The molecule has 0 aromatic carbocycles. The van der Waals surface area contributed by atoms with Gasteiger partial charge in [-0.1, -0.05) is 82.1 Å². The number of Topliss-reactive ketones (excluding diaryl/α,β-unsaturated/α-hetero) is 1. The van der Waals surface area contributed by atoms with Gasteiger partial charge in [0.15, 0.2) is 0 Å². The highest BCUT2D eigenvalue weighted by Crippen LogP contribution is 2.33. The molecule has 0 aromatic rings. The van der Waals surface area contributed by atoms with Crippen LogP contribution in [-0.2, 0) is 29.4 Å². The fourth-order valence-corrected chi connectivity index (χ4v) is 8.17. The molecule has 2 rings (SSSR count). The number of piperidine rings is 1. The summed E-state index contributed by atoms with van der Waals surface area (Å²) in [7, 11) is -2.21. The van der Waals surface area contributed by atoms with Crippen LogP contribution in [0.4, 0.5) is 4.79 Å². The van der Waals surface area contributed by atoms with Gasteiger partial charge in [-0.3, -0.25) is 19.2 Å². The van der Waals surface area contributed by atoms with Gasteiger partial charge in [-0.25, -0.2) is 4.79 Å². The minimum absolute atomic E-state index is 0.0295. The van der Waals surface area contributed by atoms with Crippen molar-refractivity contribution in [3.63, 3.8) is 0 Å². The van der Waals surface area contributed by atoms with Crippen LogP contribution >= 0.6 is 0 Å². The molecule has 14 nitrogen and oxygen atoms in total. The Morgan fingerprint density at radius 2 is 1.45 bits per heavy atom. The van der Waals surface area contributed by atoms with Crippen LogP contribution in [-0.4, -0.2) is 115 Å². The zero-order chi connectivity index (χ0) is 38.9. The van der Waals surface area contributed by atoms with E-state index in [1.165, 1.54) is 20.6 Å². The molecule has 2 aliphatic heterocycles. The first-order valence-electron chi connectivity index (χ1n) is 18.8. The number of nitrogens with one attached hydrogen (secondary N) is 4. The highest BCUT2D eigenvalue weighted by atomic mass is 32.2. The predicted molar refractivity (Wildman–Crippen MR) is 199 cm³/mol. The van der Waals surface area contributed by atoms with E-state index in [-0.39, 0.29) is 31.3 Å². The van der Waals surface area contributed by atoms with Crippen LogP contribution in [0.15, 0.2) is 0 Å². The third kappa shape index (κ3) is 12.1. The molecule has 15 heteroatoms. The van der Waals surface area contributed by atoms with Crippen LogP contribution in [0.25, 0.3) is 0 Å². The molecule has 4 N–H and O–H groups in total. The van der Waals surface area contributed by atoms with Crippen molar-refractivity contribution < 1.29 is 32.4 Å². The van der Waals surface area contributed by atoms with E-state index in [4.69, 9.17) is 0 Å². The van der Waals surface area contributed by atoms with Gasteiger partial charge in [0.25, 0.3) is 16.1 Å². The van der Waals surface area contributed by atoms with Crippen molar-refractivity contribution in [2.45, 2.75) is 138 Å². The van der Waals surface area contributed by atoms with Gasteiger partial charge in [0, 0.05) is 45.8 Å².